The third-order valence-electron chi connectivity index (χ3n) is 4.81. The van der Waals surface area contributed by atoms with Crippen LogP contribution in [0, 0.1) is 10.4 Å². The molecule has 130 valence electrons. The molecule has 0 aliphatic heterocycles. The third kappa shape index (κ3) is 3.15. The van der Waals surface area contributed by atoms with Gasteiger partial charge in [0.25, 0.3) is 0 Å². The molecule has 26 heavy (non-hydrogen) atoms. The summed E-state index contributed by atoms with van der Waals surface area (Å²) in [4.78, 5) is 4.87. The molecule has 0 unspecified atom stereocenters. The van der Waals surface area contributed by atoms with Gasteiger partial charge in [-0.05, 0) is 30.5 Å². The summed E-state index contributed by atoms with van der Waals surface area (Å²) in [5, 5.41) is 2.27. The highest BCUT2D eigenvalue weighted by Gasteiger charge is 2.10. The van der Waals surface area contributed by atoms with E-state index in [1.165, 1.54) is 5.52 Å². The second-order valence-corrected chi connectivity index (χ2v) is 7.56. The Hall–Kier alpha value is -2.52. The van der Waals surface area contributed by atoms with Crippen molar-refractivity contribution in [1.82, 2.24) is 9.55 Å². The first-order chi connectivity index (χ1) is 12.6. The van der Waals surface area contributed by atoms with Gasteiger partial charge in [0.05, 0.1) is 15.7 Å². The van der Waals surface area contributed by atoms with E-state index in [1.807, 2.05) is 12.1 Å². The number of para-hydroxylation sites is 2. The number of pyridine rings is 2. The lowest BCUT2D eigenvalue weighted by Gasteiger charge is -2.15. The first-order valence-corrected chi connectivity index (χ1v) is 9.52. The zero-order valence-corrected chi connectivity index (χ0v) is 16.0. The van der Waals surface area contributed by atoms with E-state index in [2.05, 4.69) is 73.1 Å². The van der Waals surface area contributed by atoms with Crippen LogP contribution < -0.4 is 0 Å². The number of benzene rings is 2. The summed E-state index contributed by atoms with van der Waals surface area (Å²) in [5.74, 6) is 0.659. The molecule has 0 saturated heterocycles. The molecule has 0 fully saturated rings. The zero-order chi connectivity index (χ0) is 18.1. The van der Waals surface area contributed by atoms with Crippen molar-refractivity contribution in [3.8, 4) is 11.3 Å². The summed E-state index contributed by atoms with van der Waals surface area (Å²) in [5.41, 5.74) is 4.18. The lowest BCUT2D eigenvalue weighted by Crippen LogP contribution is -2.05. The molecular formula is C23H22N2S. The normalized spacial score (nSPS) is 11.5. The number of rotatable bonds is 4. The molecule has 0 saturated carbocycles. The van der Waals surface area contributed by atoms with Gasteiger partial charge < -0.3 is 4.57 Å². The number of aryl methyl sites for hydroxylation is 1. The third-order valence-corrected chi connectivity index (χ3v) is 5.25. The van der Waals surface area contributed by atoms with Gasteiger partial charge in [-0.1, -0.05) is 68.5 Å². The minimum absolute atomic E-state index is 0.659. The second kappa shape index (κ2) is 7.00. The van der Waals surface area contributed by atoms with Gasteiger partial charge in [-0.2, -0.15) is 0 Å². The van der Waals surface area contributed by atoms with Crippen molar-refractivity contribution in [1.29, 1.82) is 0 Å². The van der Waals surface area contributed by atoms with Crippen molar-refractivity contribution in [3.63, 3.8) is 0 Å². The van der Waals surface area contributed by atoms with Crippen LogP contribution in [-0.2, 0) is 6.54 Å². The number of aromatic nitrogens is 2. The second-order valence-electron chi connectivity index (χ2n) is 7.15. The summed E-state index contributed by atoms with van der Waals surface area (Å²) in [6.45, 7) is 5.50. The van der Waals surface area contributed by atoms with E-state index in [4.69, 9.17) is 17.2 Å². The molecule has 2 heterocycles. The predicted molar refractivity (Wildman–Crippen MR) is 113 cm³/mol. The van der Waals surface area contributed by atoms with E-state index in [-0.39, 0.29) is 0 Å². The maximum absolute atomic E-state index is 5.84. The van der Waals surface area contributed by atoms with Gasteiger partial charge in [0.15, 0.2) is 0 Å². The summed E-state index contributed by atoms with van der Waals surface area (Å²) in [7, 11) is 0. The Labute approximate surface area is 159 Å². The molecule has 2 nitrogen and oxygen atoms in total. The summed E-state index contributed by atoms with van der Waals surface area (Å²) in [6.07, 6.45) is 3.32. The molecule has 0 bridgehead atoms. The molecule has 0 spiro atoms. The summed E-state index contributed by atoms with van der Waals surface area (Å²) >= 11 is 5.84. The minimum atomic E-state index is 0.659. The van der Waals surface area contributed by atoms with Gasteiger partial charge in [-0.15, -0.1) is 0 Å². The van der Waals surface area contributed by atoms with Crippen LogP contribution >= 0.6 is 12.2 Å². The van der Waals surface area contributed by atoms with Gasteiger partial charge in [0.1, 0.15) is 0 Å². The average Bonchev–Trinajstić information content (AvgIpc) is 2.67. The van der Waals surface area contributed by atoms with Crippen molar-refractivity contribution < 1.29 is 0 Å². The van der Waals surface area contributed by atoms with Crippen molar-refractivity contribution >= 4 is 34.0 Å². The van der Waals surface area contributed by atoms with Gasteiger partial charge >= 0.3 is 0 Å². The Balaban J connectivity index is 1.93. The Morgan fingerprint density at radius 3 is 2.58 bits per heavy atom. The molecular weight excluding hydrogens is 336 g/mol. The molecule has 0 aliphatic carbocycles. The number of nitrogens with zero attached hydrogens (tertiary/aromatic N) is 2. The quantitative estimate of drug-likeness (QED) is 0.381. The molecule has 2 aromatic heterocycles. The fourth-order valence-corrected chi connectivity index (χ4v) is 3.66. The van der Waals surface area contributed by atoms with Crippen LogP contribution in [0.4, 0.5) is 0 Å². The van der Waals surface area contributed by atoms with E-state index in [9.17, 15) is 0 Å². The Morgan fingerprint density at radius 1 is 0.962 bits per heavy atom. The van der Waals surface area contributed by atoms with Crippen LogP contribution in [0.25, 0.3) is 33.1 Å². The van der Waals surface area contributed by atoms with Crippen LogP contribution in [0.1, 0.15) is 20.3 Å². The number of hydrogen-bond acceptors (Lipinski definition) is 2. The number of hydrogen-bond donors (Lipinski definition) is 0. The average molecular weight is 359 g/mol. The molecule has 0 atom stereocenters. The van der Waals surface area contributed by atoms with E-state index in [1.54, 1.807) is 0 Å². The lowest BCUT2D eigenvalue weighted by molar-refractivity contribution is 0.523. The number of fused-ring (bicyclic) bond motifs is 2. The maximum Gasteiger partial charge on any atom is 0.0739 e. The highest BCUT2D eigenvalue weighted by atomic mass is 32.1. The zero-order valence-electron chi connectivity index (χ0n) is 15.1. The Morgan fingerprint density at radius 2 is 1.73 bits per heavy atom. The van der Waals surface area contributed by atoms with Crippen molar-refractivity contribution in [2.45, 2.75) is 26.8 Å². The summed E-state index contributed by atoms with van der Waals surface area (Å²) in [6, 6.07) is 20.8. The smallest absolute Gasteiger partial charge is 0.0739 e. The van der Waals surface area contributed by atoms with Gasteiger partial charge in [-0.3, -0.25) is 0 Å². The standard InChI is InChI=1S/C23H22N2S/c1-16(2)13-14-25-15-19(23(26)18-8-4-6-10-22(18)25)21-12-11-17-7-3-5-9-20(17)24-21/h3-12,15-16H,13-14H2,1-2H3. The van der Waals surface area contributed by atoms with E-state index >= 15 is 0 Å². The minimum Gasteiger partial charge on any atom is -0.347 e. The molecule has 0 N–H and O–H groups in total. The van der Waals surface area contributed by atoms with E-state index in [0.29, 0.717) is 5.92 Å². The first-order valence-electron chi connectivity index (χ1n) is 9.12. The SMILES string of the molecule is CC(C)CCn1cc(-c2ccc3ccccc3n2)c(=S)c2ccccc21. The van der Waals surface area contributed by atoms with Crippen molar-refractivity contribution in [3.05, 3.63) is 71.4 Å². The maximum atomic E-state index is 5.84. The van der Waals surface area contributed by atoms with Crippen LogP contribution in [0.2, 0.25) is 0 Å². The highest BCUT2D eigenvalue weighted by molar-refractivity contribution is 7.71. The topological polar surface area (TPSA) is 17.8 Å². The Kier molecular flexibility index (Phi) is 4.56. The van der Waals surface area contributed by atoms with E-state index in [0.717, 1.165) is 45.0 Å². The van der Waals surface area contributed by atoms with Crippen molar-refractivity contribution in [2.75, 3.05) is 0 Å². The monoisotopic (exact) mass is 358 g/mol. The fourth-order valence-electron chi connectivity index (χ4n) is 3.33. The molecule has 0 amide bonds. The predicted octanol–water partition coefficient (Wildman–Crippen LogP) is 6.63. The molecule has 2 aromatic carbocycles. The first kappa shape index (κ1) is 16.9. The van der Waals surface area contributed by atoms with Gasteiger partial charge in [0, 0.05) is 34.6 Å². The molecule has 0 radical (unpaired) electrons. The Bertz CT molecular complexity index is 1140. The highest BCUT2D eigenvalue weighted by Crippen LogP contribution is 2.28. The molecule has 4 aromatic rings. The van der Waals surface area contributed by atoms with Crippen LogP contribution in [0.15, 0.2) is 66.9 Å². The molecule has 3 heteroatoms. The molecule has 0 aliphatic rings. The van der Waals surface area contributed by atoms with Gasteiger partial charge in [-0.25, -0.2) is 4.98 Å². The summed E-state index contributed by atoms with van der Waals surface area (Å²) < 4.78 is 3.21. The molecule has 4 rings (SSSR count). The lowest BCUT2D eigenvalue weighted by atomic mass is 10.1. The largest absolute Gasteiger partial charge is 0.347 e. The fraction of sp³-hybridized carbons (Fsp3) is 0.217. The van der Waals surface area contributed by atoms with Crippen molar-refractivity contribution in [2.24, 2.45) is 5.92 Å². The van der Waals surface area contributed by atoms with Crippen LogP contribution in [-0.4, -0.2) is 9.55 Å². The van der Waals surface area contributed by atoms with Gasteiger partial charge in [0.2, 0.25) is 0 Å². The van der Waals surface area contributed by atoms with E-state index < -0.39 is 0 Å². The van der Waals surface area contributed by atoms with Crippen LogP contribution in [0.3, 0.4) is 0 Å². The van der Waals surface area contributed by atoms with Crippen LogP contribution in [0.5, 0.6) is 0 Å².